The molecule has 0 unspecified atom stereocenters. The van der Waals surface area contributed by atoms with Gasteiger partial charge in [-0.2, -0.15) is 0 Å². The highest BCUT2D eigenvalue weighted by Gasteiger charge is 2.03. The predicted molar refractivity (Wildman–Crippen MR) is 86.0 cm³/mol. The molecule has 0 atom stereocenters. The highest BCUT2D eigenvalue weighted by molar-refractivity contribution is 14.1. The van der Waals surface area contributed by atoms with Crippen LogP contribution in [0.15, 0.2) is 54.9 Å². The molecule has 0 aliphatic rings. The summed E-state index contributed by atoms with van der Waals surface area (Å²) in [6.45, 7) is 0.762. The van der Waals surface area contributed by atoms with Gasteiger partial charge in [0.05, 0.1) is 5.52 Å². The van der Waals surface area contributed by atoms with Crippen molar-refractivity contribution in [2.45, 2.75) is 6.54 Å². The molecular weight excluding hydrogens is 349 g/mol. The van der Waals surface area contributed by atoms with Gasteiger partial charge in [-0.15, -0.1) is 0 Å². The van der Waals surface area contributed by atoms with Crippen molar-refractivity contribution in [2.24, 2.45) is 0 Å². The lowest BCUT2D eigenvalue weighted by atomic mass is 10.2. The molecule has 1 aromatic heterocycles. The van der Waals surface area contributed by atoms with E-state index in [1.165, 1.54) is 9.13 Å². The number of nitrogens with zero attached hydrogens (tertiary/aromatic N) is 2. The molecular formula is C15H12IN3. The lowest BCUT2D eigenvalue weighted by Crippen LogP contribution is -2.02. The molecule has 0 aliphatic heterocycles. The molecule has 1 N–H and O–H groups in total. The van der Waals surface area contributed by atoms with Gasteiger partial charge in [0, 0.05) is 15.5 Å². The van der Waals surface area contributed by atoms with Crippen LogP contribution in [0.2, 0.25) is 0 Å². The third-order valence-corrected chi connectivity index (χ3v) is 3.57. The zero-order valence-corrected chi connectivity index (χ0v) is 12.3. The summed E-state index contributed by atoms with van der Waals surface area (Å²) >= 11 is 2.30. The van der Waals surface area contributed by atoms with E-state index in [0.29, 0.717) is 0 Å². The molecule has 0 amide bonds. The Hall–Kier alpha value is -1.69. The monoisotopic (exact) mass is 361 g/mol. The third kappa shape index (κ3) is 2.84. The molecule has 0 saturated heterocycles. The summed E-state index contributed by atoms with van der Waals surface area (Å²) in [5.74, 6) is 0.882. The molecule has 0 spiro atoms. The van der Waals surface area contributed by atoms with Crippen LogP contribution in [0.5, 0.6) is 0 Å². The maximum Gasteiger partial charge on any atom is 0.137 e. The number of hydrogen-bond donors (Lipinski definition) is 1. The van der Waals surface area contributed by atoms with Crippen LogP contribution in [0.4, 0.5) is 5.82 Å². The summed E-state index contributed by atoms with van der Waals surface area (Å²) in [5.41, 5.74) is 2.20. The molecule has 4 heteroatoms. The molecule has 0 aliphatic carbocycles. The number of halogens is 1. The molecule has 94 valence electrons. The van der Waals surface area contributed by atoms with Gasteiger partial charge in [0.15, 0.2) is 0 Å². The zero-order valence-electron chi connectivity index (χ0n) is 10.2. The second-order valence-corrected chi connectivity index (χ2v) is 5.47. The van der Waals surface area contributed by atoms with Crippen LogP contribution in [-0.2, 0) is 6.54 Å². The Balaban J connectivity index is 1.90. The topological polar surface area (TPSA) is 37.8 Å². The van der Waals surface area contributed by atoms with Crippen molar-refractivity contribution in [3.63, 3.8) is 0 Å². The van der Waals surface area contributed by atoms with Crippen molar-refractivity contribution in [3.05, 3.63) is 64.0 Å². The van der Waals surface area contributed by atoms with Crippen LogP contribution in [0.3, 0.4) is 0 Å². The smallest absolute Gasteiger partial charge is 0.137 e. The summed E-state index contributed by atoms with van der Waals surface area (Å²) in [6.07, 6.45) is 1.60. The van der Waals surface area contributed by atoms with Gasteiger partial charge in [0.2, 0.25) is 0 Å². The minimum absolute atomic E-state index is 0.762. The quantitative estimate of drug-likeness (QED) is 0.721. The number of anilines is 1. The van der Waals surface area contributed by atoms with E-state index in [4.69, 9.17) is 0 Å². The Morgan fingerprint density at radius 3 is 2.68 bits per heavy atom. The first-order valence-electron chi connectivity index (χ1n) is 6.01. The Morgan fingerprint density at radius 2 is 1.84 bits per heavy atom. The van der Waals surface area contributed by atoms with Crippen molar-refractivity contribution in [1.82, 2.24) is 9.97 Å². The average molecular weight is 361 g/mol. The molecule has 19 heavy (non-hydrogen) atoms. The van der Waals surface area contributed by atoms with E-state index < -0.39 is 0 Å². The molecule has 1 heterocycles. The lowest BCUT2D eigenvalue weighted by Gasteiger charge is -2.08. The number of aromatic nitrogens is 2. The third-order valence-electron chi connectivity index (χ3n) is 2.90. The zero-order chi connectivity index (χ0) is 13.1. The van der Waals surface area contributed by atoms with E-state index in [1.807, 2.05) is 24.3 Å². The summed E-state index contributed by atoms with van der Waals surface area (Å²) in [7, 11) is 0. The standard InChI is InChI=1S/C15H12IN3/c16-12-6-7-14-13(8-12)15(19-10-18-14)17-9-11-4-2-1-3-5-11/h1-8,10H,9H2,(H,17,18,19). The molecule has 2 aromatic carbocycles. The van der Waals surface area contributed by atoms with Crippen LogP contribution in [0.1, 0.15) is 5.56 Å². The molecule has 3 aromatic rings. The first-order chi connectivity index (χ1) is 9.33. The molecule has 3 nitrogen and oxygen atoms in total. The van der Waals surface area contributed by atoms with Gasteiger partial charge >= 0.3 is 0 Å². The average Bonchev–Trinajstić information content (AvgIpc) is 2.46. The van der Waals surface area contributed by atoms with Gasteiger partial charge in [-0.1, -0.05) is 30.3 Å². The SMILES string of the molecule is Ic1ccc2ncnc(NCc3ccccc3)c2c1. The van der Waals surface area contributed by atoms with E-state index in [9.17, 15) is 0 Å². The number of benzene rings is 2. The van der Waals surface area contributed by atoms with E-state index >= 15 is 0 Å². The molecule has 0 bridgehead atoms. The summed E-state index contributed by atoms with van der Waals surface area (Å²) < 4.78 is 1.18. The maximum atomic E-state index is 4.34. The number of fused-ring (bicyclic) bond motifs is 1. The van der Waals surface area contributed by atoms with Gasteiger partial charge in [-0.25, -0.2) is 9.97 Å². The van der Waals surface area contributed by atoms with Crippen molar-refractivity contribution in [2.75, 3.05) is 5.32 Å². The Morgan fingerprint density at radius 1 is 1.00 bits per heavy atom. The van der Waals surface area contributed by atoms with E-state index in [2.05, 4.69) is 62.1 Å². The van der Waals surface area contributed by atoms with E-state index in [1.54, 1.807) is 6.33 Å². The number of rotatable bonds is 3. The van der Waals surface area contributed by atoms with Crippen LogP contribution < -0.4 is 5.32 Å². The predicted octanol–water partition coefficient (Wildman–Crippen LogP) is 3.85. The summed E-state index contributed by atoms with van der Waals surface area (Å²) in [5, 5.41) is 4.44. The van der Waals surface area contributed by atoms with Crippen LogP contribution in [0.25, 0.3) is 10.9 Å². The Kier molecular flexibility index (Phi) is 3.59. The van der Waals surface area contributed by atoms with Gasteiger partial charge in [0.25, 0.3) is 0 Å². The molecule has 0 radical (unpaired) electrons. The van der Waals surface area contributed by atoms with Crippen LogP contribution >= 0.6 is 22.6 Å². The second-order valence-electron chi connectivity index (χ2n) is 4.22. The maximum absolute atomic E-state index is 4.34. The second kappa shape index (κ2) is 5.52. The number of nitrogens with one attached hydrogen (secondary N) is 1. The first kappa shape index (κ1) is 12.3. The van der Waals surface area contributed by atoms with Crippen molar-refractivity contribution in [3.8, 4) is 0 Å². The fraction of sp³-hybridized carbons (Fsp3) is 0.0667. The van der Waals surface area contributed by atoms with Crippen molar-refractivity contribution >= 4 is 39.3 Å². The fourth-order valence-electron chi connectivity index (χ4n) is 1.95. The first-order valence-corrected chi connectivity index (χ1v) is 7.09. The normalized spacial score (nSPS) is 10.6. The molecule has 0 fully saturated rings. The molecule has 0 saturated carbocycles. The van der Waals surface area contributed by atoms with Crippen LogP contribution in [-0.4, -0.2) is 9.97 Å². The van der Waals surface area contributed by atoms with Gasteiger partial charge < -0.3 is 5.32 Å². The highest BCUT2D eigenvalue weighted by atomic mass is 127. The van der Waals surface area contributed by atoms with Crippen LogP contribution in [0, 0.1) is 3.57 Å². The van der Waals surface area contributed by atoms with Crippen molar-refractivity contribution < 1.29 is 0 Å². The molecule has 3 rings (SSSR count). The summed E-state index contributed by atoms with van der Waals surface area (Å²) in [4.78, 5) is 8.62. The lowest BCUT2D eigenvalue weighted by molar-refractivity contribution is 1.10. The van der Waals surface area contributed by atoms with Gasteiger partial charge in [-0.05, 0) is 46.4 Å². The highest BCUT2D eigenvalue weighted by Crippen LogP contribution is 2.21. The summed E-state index contributed by atoms with van der Waals surface area (Å²) in [6, 6.07) is 16.5. The van der Waals surface area contributed by atoms with Crippen molar-refractivity contribution in [1.29, 1.82) is 0 Å². The number of hydrogen-bond acceptors (Lipinski definition) is 3. The minimum atomic E-state index is 0.762. The van der Waals surface area contributed by atoms with E-state index in [-0.39, 0.29) is 0 Å². The van der Waals surface area contributed by atoms with Gasteiger partial charge in [-0.3, -0.25) is 0 Å². The Labute approximate surface area is 125 Å². The van der Waals surface area contributed by atoms with E-state index in [0.717, 1.165) is 23.3 Å². The Bertz CT molecular complexity index is 698. The van der Waals surface area contributed by atoms with Gasteiger partial charge in [0.1, 0.15) is 12.1 Å². The fourth-order valence-corrected chi connectivity index (χ4v) is 2.44. The largest absolute Gasteiger partial charge is 0.365 e. The minimum Gasteiger partial charge on any atom is -0.365 e.